The Kier molecular flexibility index (Phi) is 2.71. The van der Waals surface area contributed by atoms with Crippen LogP contribution in [0.25, 0.3) is 0 Å². The largest absolute Gasteiger partial charge is 0.481 e. The van der Waals surface area contributed by atoms with E-state index in [4.69, 9.17) is 4.74 Å². The molecule has 3 nitrogen and oxygen atoms in total. The average Bonchev–Trinajstić information content (AvgIpc) is 3.05. The first-order valence-corrected chi connectivity index (χ1v) is 6.29. The molecule has 2 atom stereocenters. The smallest absolute Gasteiger partial charge is 0.311 e. The van der Waals surface area contributed by atoms with Gasteiger partial charge in [-0.2, -0.15) is 0 Å². The van der Waals surface area contributed by atoms with Crippen LogP contribution in [0.1, 0.15) is 18.4 Å². The van der Waals surface area contributed by atoms with Crippen LogP contribution in [0.4, 0.5) is 0 Å². The summed E-state index contributed by atoms with van der Waals surface area (Å²) >= 11 is 0. The molecule has 0 unspecified atom stereocenters. The minimum absolute atomic E-state index is 0.0428. The lowest BCUT2D eigenvalue weighted by atomic mass is 9.90. The number of carboxylic acids is 1. The van der Waals surface area contributed by atoms with Gasteiger partial charge in [-0.25, -0.2) is 0 Å². The standard InChI is InChI=1S/C15H16O3/c16-14(17)12-6-7-13(15(12)8-9-15)18-10-11-4-2-1-3-5-11/h1-7,12-13H,8-10H2,(H,16,17)/t12-,13-/m0/s1. The van der Waals surface area contributed by atoms with Crippen molar-refractivity contribution in [3.8, 4) is 0 Å². The van der Waals surface area contributed by atoms with Gasteiger partial charge in [0, 0.05) is 5.41 Å². The average molecular weight is 244 g/mol. The number of hydrogen-bond acceptors (Lipinski definition) is 2. The second kappa shape index (κ2) is 4.25. The number of aliphatic carboxylic acids is 1. The van der Waals surface area contributed by atoms with E-state index in [1.54, 1.807) is 6.08 Å². The van der Waals surface area contributed by atoms with Gasteiger partial charge in [-0.05, 0) is 18.4 Å². The van der Waals surface area contributed by atoms with Crippen molar-refractivity contribution in [3.05, 3.63) is 48.0 Å². The number of hydrogen-bond donors (Lipinski definition) is 1. The Bertz CT molecular complexity index is 474. The number of benzene rings is 1. The molecule has 3 rings (SSSR count). The Morgan fingerprint density at radius 1 is 1.28 bits per heavy atom. The summed E-state index contributed by atoms with van der Waals surface area (Å²) in [6.07, 6.45) is 5.59. The van der Waals surface area contributed by atoms with E-state index in [2.05, 4.69) is 0 Å². The van der Waals surface area contributed by atoms with E-state index in [1.165, 1.54) is 0 Å². The maximum atomic E-state index is 11.2. The fourth-order valence-electron chi connectivity index (χ4n) is 2.82. The predicted octanol–water partition coefficient (Wildman–Crippen LogP) is 2.62. The van der Waals surface area contributed by atoms with Gasteiger partial charge in [0.2, 0.25) is 0 Å². The minimum atomic E-state index is -0.727. The lowest BCUT2D eigenvalue weighted by Gasteiger charge is -2.22. The molecule has 1 spiro atoms. The van der Waals surface area contributed by atoms with Crippen molar-refractivity contribution in [2.45, 2.75) is 25.6 Å². The molecule has 2 aliphatic rings. The highest BCUT2D eigenvalue weighted by molar-refractivity contribution is 5.75. The maximum absolute atomic E-state index is 11.2. The molecule has 0 saturated heterocycles. The van der Waals surface area contributed by atoms with Crippen LogP contribution in [0, 0.1) is 11.3 Å². The van der Waals surface area contributed by atoms with Crippen molar-refractivity contribution in [3.63, 3.8) is 0 Å². The molecular weight excluding hydrogens is 228 g/mol. The summed E-state index contributed by atoms with van der Waals surface area (Å²) in [4.78, 5) is 11.2. The van der Waals surface area contributed by atoms with Crippen LogP contribution >= 0.6 is 0 Å². The van der Waals surface area contributed by atoms with Gasteiger partial charge >= 0.3 is 5.97 Å². The third-order valence-corrected chi connectivity index (χ3v) is 4.03. The van der Waals surface area contributed by atoms with Gasteiger partial charge in [-0.1, -0.05) is 42.5 Å². The molecule has 0 aliphatic heterocycles. The van der Waals surface area contributed by atoms with Crippen LogP contribution in [-0.2, 0) is 16.1 Å². The third-order valence-electron chi connectivity index (χ3n) is 4.03. The van der Waals surface area contributed by atoms with Crippen LogP contribution in [0.3, 0.4) is 0 Å². The van der Waals surface area contributed by atoms with Crippen molar-refractivity contribution < 1.29 is 14.6 Å². The van der Waals surface area contributed by atoms with Gasteiger partial charge < -0.3 is 9.84 Å². The van der Waals surface area contributed by atoms with Crippen LogP contribution in [0.5, 0.6) is 0 Å². The Morgan fingerprint density at radius 2 is 2.00 bits per heavy atom. The summed E-state index contributed by atoms with van der Waals surface area (Å²) in [5.74, 6) is -1.09. The summed E-state index contributed by atoms with van der Waals surface area (Å²) < 4.78 is 5.90. The van der Waals surface area contributed by atoms with Gasteiger partial charge in [0.05, 0.1) is 18.6 Å². The highest BCUT2D eigenvalue weighted by Gasteiger charge is 2.59. The maximum Gasteiger partial charge on any atom is 0.311 e. The van der Waals surface area contributed by atoms with Crippen LogP contribution in [0.2, 0.25) is 0 Å². The molecule has 94 valence electrons. The topological polar surface area (TPSA) is 46.5 Å². The van der Waals surface area contributed by atoms with Gasteiger partial charge in [0.15, 0.2) is 0 Å². The Balaban J connectivity index is 1.65. The molecule has 1 aromatic carbocycles. The third kappa shape index (κ3) is 1.85. The number of rotatable bonds is 4. The zero-order chi connectivity index (χ0) is 12.6. The van der Waals surface area contributed by atoms with Crippen LogP contribution in [0.15, 0.2) is 42.5 Å². The monoisotopic (exact) mass is 244 g/mol. The van der Waals surface area contributed by atoms with Crippen molar-refractivity contribution in [2.24, 2.45) is 11.3 Å². The molecule has 1 N–H and O–H groups in total. The second-order valence-corrected chi connectivity index (χ2v) is 5.15. The molecule has 0 amide bonds. The Hall–Kier alpha value is -1.61. The van der Waals surface area contributed by atoms with E-state index in [9.17, 15) is 9.90 Å². The zero-order valence-electron chi connectivity index (χ0n) is 10.1. The summed E-state index contributed by atoms with van der Waals surface area (Å²) in [5, 5.41) is 9.19. The molecule has 0 aromatic heterocycles. The predicted molar refractivity (Wildman–Crippen MR) is 67.0 cm³/mol. The number of carboxylic acid groups (broad SMARTS) is 1. The first-order chi connectivity index (χ1) is 8.72. The molecule has 2 aliphatic carbocycles. The van der Waals surface area contributed by atoms with E-state index in [0.717, 1.165) is 18.4 Å². The summed E-state index contributed by atoms with van der Waals surface area (Å²) in [5.41, 5.74) is 0.973. The van der Waals surface area contributed by atoms with E-state index in [0.29, 0.717) is 6.61 Å². The van der Waals surface area contributed by atoms with Gasteiger partial charge in [0.25, 0.3) is 0 Å². The van der Waals surface area contributed by atoms with Crippen molar-refractivity contribution in [1.82, 2.24) is 0 Å². The lowest BCUT2D eigenvalue weighted by molar-refractivity contribution is -0.143. The van der Waals surface area contributed by atoms with E-state index in [1.807, 2.05) is 36.4 Å². The summed E-state index contributed by atoms with van der Waals surface area (Å²) in [6, 6.07) is 9.98. The Morgan fingerprint density at radius 3 is 2.61 bits per heavy atom. The fraction of sp³-hybridized carbons (Fsp3) is 0.400. The molecule has 1 saturated carbocycles. The molecule has 0 radical (unpaired) electrons. The van der Waals surface area contributed by atoms with Crippen LogP contribution in [-0.4, -0.2) is 17.2 Å². The molecule has 0 bridgehead atoms. The second-order valence-electron chi connectivity index (χ2n) is 5.15. The van der Waals surface area contributed by atoms with E-state index >= 15 is 0 Å². The van der Waals surface area contributed by atoms with Crippen LogP contribution < -0.4 is 0 Å². The first-order valence-electron chi connectivity index (χ1n) is 6.29. The zero-order valence-corrected chi connectivity index (χ0v) is 10.1. The van der Waals surface area contributed by atoms with E-state index in [-0.39, 0.29) is 17.4 Å². The summed E-state index contributed by atoms with van der Waals surface area (Å²) in [7, 11) is 0. The normalized spacial score (nSPS) is 27.6. The fourth-order valence-corrected chi connectivity index (χ4v) is 2.82. The number of ether oxygens (including phenoxy) is 1. The van der Waals surface area contributed by atoms with Crippen molar-refractivity contribution in [2.75, 3.05) is 0 Å². The van der Waals surface area contributed by atoms with Gasteiger partial charge in [0.1, 0.15) is 0 Å². The molecule has 1 aromatic rings. The molecular formula is C15H16O3. The minimum Gasteiger partial charge on any atom is -0.481 e. The quantitative estimate of drug-likeness (QED) is 0.828. The Labute approximate surface area is 106 Å². The van der Waals surface area contributed by atoms with Gasteiger partial charge in [-0.3, -0.25) is 4.79 Å². The first kappa shape index (κ1) is 11.5. The highest BCUT2D eigenvalue weighted by Crippen LogP contribution is 2.59. The lowest BCUT2D eigenvalue weighted by Crippen LogP contribution is -2.29. The SMILES string of the molecule is O=C(O)[C@@H]1C=C[C@H](OCc2ccccc2)C12CC2. The molecule has 18 heavy (non-hydrogen) atoms. The van der Waals surface area contributed by atoms with Crippen molar-refractivity contribution in [1.29, 1.82) is 0 Å². The van der Waals surface area contributed by atoms with Gasteiger partial charge in [-0.15, -0.1) is 0 Å². The van der Waals surface area contributed by atoms with Crippen molar-refractivity contribution >= 4 is 5.97 Å². The molecule has 3 heteroatoms. The number of carbonyl (C=O) groups is 1. The molecule has 1 fully saturated rings. The molecule has 0 heterocycles. The summed E-state index contributed by atoms with van der Waals surface area (Å²) in [6.45, 7) is 0.546. The highest BCUT2D eigenvalue weighted by atomic mass is 16.5. The van der Waals surface area contributed by atoms with E-state index < -0.39 is 5.97 Å².